The first-order valence-corrected chi connectivity index (χ1v) is 5.48. The van der Waals surface area contributed by atoms with Crippen LogP contribution in [0.4, 0.5) is 0 Å². The van der Waals surface area contributed by atoms with E-state index in [0.29, 0.717) is 0 Å². The van der Waals surface area contributed by atoms with Crippen molar-refractivity contribution in [2.24, 2.45) is 0 Å². The molecule has 80 valence electrons. The van der Waals surface area contributed by atoms with Gasteiger partial charge in [0.15, 0.2) is 12.7 Å². The van der Waals surface area contributed by atoms with Gasteiger partial charge < -0.3 is 22.5 Å². The van der Waals surface area contributed by atoms with Crippen LogP contribution in [-0.4, -0.2) is 11.2 Å². The summed E-state index contributed by atoms with van der Waals surface area (Å²) in [5.74, 6) is 1.20. The third-order valence-electron chi connectivity index (χ3n) is 2.45. The molecule has 1 aromatic carbocycles. The molecule has 4 heteroatoms. The van der Waals surface area contributed by atoms with Crippen molar-refractivity contribution in [2.75, 3.05) is 5.75 Å². The summed E-state index contributed by atoms with van der Waals surface area (Å²) in [7, 11) is 0. The number of pyridine rings is 1. The van der Waals surface area contributed by atoms with Gasteiger partial charge >= 0.3 is 0 Å². The molecule has 3 rings (SSSR count). The second kappa shape index (κ2) is 4.96. The lowest BCUT2D eigenvalue weighted by atomic mass is 10.2. The van der Waals surface area contributed by atoms with Crippen LogP contribution in [0.25, 0.3) is 10.9 Å². The molecule has 1 aromatic heterocycles. The zero-order valence-corrected chi connectivity index (χ0v) is 10.5. The van der Waals surface area contributed by atoms with Gasteiger partial charge in [0.2, 0.25) is 5.52 Å². The smallest absolute Gasteiger partial charge is 0.226 e. The Morgan fingerprint density at radius 3 is 2.80 bits per heavy atom. The van der Waals surface area contributed by atoms with Crippen LogP contribution in [0.15, 0.2) is 41.4 Å². The predicted octanol–water partition coefficient (Wildman–Crippen LogP) is -1.59. The summed E-state index contributed by atoms with van der Waals surface area (Å²) in [5.41, 5.74) is 1.40. The molecule has 1 aliphatic heterocycles. The van der Waals surface area contributed by atoms with Crippen molar-refractivity contribution in [1.82, 2.24) is 0 Å². The van der Waals surface area contributed by atoms with Gasteiger partial charge in [0, 0.05) is 11.5 Å². The first kappa shape index (κ1) is 12.5. The average Bonchev–Trinajstić information content (AvgIpc) is 2.19. The third-order valence-corrected chi connectivity index (χ3v) is 3.48. The Kier molecular flexibility index (Phi) is 4.13. The number of hydrogen-bond donors (Lipinski definition) is 0. The normalized spacial score (nSPS) is 12.8. The molecule has 0 saturated carbocycles. The Labute approximate surface area is 103 Å². The molecule has 0 aliphatic carbocycles. The quantitative estimate of drug-likeness (QED) is 0.538. The van der Waals surface area contributed by atoms with Crippen LogP contribution in [0.5, 0.6) is 0 Å². The van der Waals surface area contributed by atoms with Crippen molar-refractivity contribution in [3.05, 3.63) is 36.5 Å². The Hall–Kier alpha value is -0.580. The van der Waals surface area contributed by atoms with Crippen LogP contribution in [0.1, 0.15) is 0 Å². The zero-order chi connectivity index (χ0) is 8.67. The number of aromatic nitrogens is 1. The summed E-state index contributed by atoms with van der Waals surface area (Å²) in [4.78, 5) is 1.42. The summed E-state index contributed by atoms with van der Waals surface area (Å²) < 4.78 is 2.35. The Bertz CT molecular complexity index is 436. The SMILES string of the molecule is O.[Br-].c1cc2c3c(c1)ccc[n+]3CCS2. The fourth-order valence-corrected chi connectivity index (χ4v) is 2.92. The van der Waals surface area contributed by atoms with Crippen molar-refractivity contribution in [3.63, 3.8) is 0 Å². The van der Waals surface area contributed by atoms with E-state index in [1.807, 2.05) is 11.8 Å². The number of para-hydroxylation sites is 1. The molecular weight excluding hydrogens is 274 g/mol. The minimum Gasteiger partial charge on any atom is -1.00 e. The maximum absolute atomic E-state index is 2.35. The number of benzene rings is 1. The van der Waals surface area contributed by atoms with Gasteiger partial charge in [-0.25, -0.2) is 0 Å². The lowest BCUT2D eigenvalue weighted by Gasteiger charge is -2.10. The summed E-state index contributed by atoms with van der Waals surface area (Å²) in [5, 5.41) is 1.35. The fourth-order valence-electron chi connectivity index (χ4n) is 1.86. The Morgan fingerprint density at radius 2 is 1.93 bits per heavy atom. The summed E-state index contributed by atoms with van der Waals surface area (Å²) in [6.45, 7) is 1.14. The molecule has 0 radical (unpaired) electrons. The van der Waals surface area contributed by atoms with E-state index in [0.717, 1.165) is 6.54 Å². The standard InChI is InChI=1S/C11H10NS.BrH.H2O/c1-3-9-4-2-6-12-7-8-13-10(5-1)11(9)12;;/h1-6H,7-8H2;1H;1H2/q+1;;/p-1. The molecule has 2 aromatic rings. The lowest BCUT2D eigenvalue weighted by Crippen LogP contribution is -3.00. The number of aryl methyl sites for hydroxylation is 1. The fraction of sp³-hybridized carbons (Fsp3) is 0.182. The van der Waals surface area contributed by atoms with E-state index in [1.165, 1.54) is 21.6 Å². The van der Waals surface area contributed by atoms with Crippen LogP contribution in [0, 0.1) is 0 Å². The van der Waals surface area contributed by atoms with E-state index in [2.05, 4.69) is 41.1 Å². The van der Waals surface area contributed by atoms with E-state index in [1.54, 1.807) is 0 Å². The molecule has 0 spiro atoms. The van der Waals surface area contributed by atoms with E-state index in [9.17, 15) is 0 Å². The van der Waals surface area contributed by atoms with Crippen LogP contribution < -0.4 is 21.5 Å². The van der Waals surface area contributed by atoms with Gasteiger partial charge in [-0.2, -0.15) is 4.57 Å². The van der Waals surface area contributed by atoms with Gasteiger partial charge in [-0.3, -0.25) is 0 Å². The topological polar surface area (TPSA) is 35.4 Å². The largest absolute Gasteiger partial charge is 1.00 e. The number of rotatable bonds is 0. The number of thioether (sulfide) groups is 1. The summed E-state index contributed by atoms with van der Waals surface area (Å²) in [6.07, 6.45) is 2.17. The second-order valence-corrected chi connectivity index (χ2v) is 4.38. The summed E-state index contributed by atoms with van der Waals surface area (Å²) >= 11 is 1.96. The predicted molar refractivity (Wildman–Crippen MR) is 58.5 cm³/mol. The monoisotopic (exact) mass is 285 g/mol. The van der Waals surface area contributed by atoms with E-state index in [4.69, 9.17) is 0 Å². The van der Waals surface area contributed by atoms with Crippen LogP contribution >= 0.6 is 11.8 Å². The molecule has 2 N–H and O–H groups in total. The number of hydrogen-bond acceptors (Lipinski definition) is 1. The van der Waals surface area contributed by atoms with E-state index < -0.39 is 0 Å². The van der Waals surface area contributed by atoms with Crippen molar-refractivity contribution >= 4 is 22.7 Å². The molecular formula is C11H12BrNOS. The molecule has 2 nitrogen and oxygen atoms in total. The minimum atomic E-state index is 0. The Morgan fingerprint density at radius 1 is 1.13 bits per heavy atom. The van der Waals surface area contributed by atoms with Crippen molar-refractivity contribution in [2.45, 2.75) is 11.4 Å². The molecule has 0 saturated heterocycles. The van der Waals surface area contributed by atoms with Gasteiger partial charge in [0.25, 0.3) is 0 Å². The molecule has 1 aliphatic rings. The van der Waals surface area contributed by atoms with Crippen LogP contribution in [0.2, 0.25) is 0 Å². The minimum absolute atomic E-state index is 0. The number of halogens is 1. The lowest BCUT2D eigenvalue weighted by molar-refractivity contribution is -0.668. The maximum atomic E-state index is 2.35. The second-order valence-electron chi connectivity index (χ2n) is 3.24. The number of nitrogens with zero attached hydrogens (tertiary/aromatic N) is 1. The van der Waals surface area contributed by atoms with E-state index >= 15 is 0 Å². The molecule has 0 unspecified atom stereocenters. The molecule has 0 atom stereocenters. The average molecular weight is 286 g/mol. The molecule has 0 amide bonds. The maximum Gasteiger partial charge on any atom is 0.226 e. The first-order chi connectivity index (χ1) is 6.45. The van der Waals surface area contributed by atoms with Crippen LogP contribution in [-0.2, 0) is 6.54 Å². The molecule has 0 fully saturated rings. The summed E-state index contributed by atoms with van der Waals surface area (Å²) in [6, 6.07) is 10.8. The molecule has 0 bridgehead atoms. The first-order valence-electron chi connectivity index (χ1n) is 4.49. The molecule has 2 heterocycles. The van der Waals surface area contributed by atoms with Crippen molar-refractivity contribution in [1.29, 1.82) is 0 Å². The highest BCUT2D eigenvalue weighted by atomic mass is 79.9. The molecule has 15 heavy (non-hydrogen) atoms. The zero-order valence-electron chi connectivity index (χ0n) is 8.11. The van der Waals surface area contributed by atoms with Gasteiger partial charge in [0.05, 0.1) is 10.6 Å². The van der Waals surface area contributed by atoms with Crippen LogP contribution in [0.3, 0.4) is 0 Å². The van der Waals surface area contributed by atoms with Crippen molar-refractivity contribution in [3.8, 4) is 0 Å². The highest BCUT2D eigenvalue weighted by Gasteiger charge is 2.17. The third kappa shape index (κ3) is 2.02. The van der Waals surface area contributed by atoms with Gasteiger partial charge in [0.1, 0.15) is 0 Å². The van der Waals surface area contributed by atoms with E-state index in [-0.39, 0.29) is 22.5 Å². The van der Waals surface area contributed by atoms with Gasteiger partial charge in [-0.1, -0.05) is 6.07 Å². The van der Waals surface area contributed by atoms with Gasteiger partial charge in [-0.05, 0) is 18.2 Å². The highest BCUT2D eigenvalue weighted by Crippen LogP contribution is 2.27. The van der Waals surface area contributed by atoms with Crippen molar-refractivity contribution < 1.29 is 27.0 Å². The van der Waals surface area contributed by atoms with Gasteiger partial charge in [-0.15, -0.1) is 11.8 Å². The Balaban J connectivity index is 0.000000562. The highest BCUT2D eigenvalue weighted by molar-refractivity contribution is 7.99.